The molecule has 1 atom stereocenters. The topological polar surface area (TPSA) is 58.4 Å². The van der Waals surface area contributed by atoms with Crippen LogP contribution in [0.2, 0.25) is 0 Å². The molecule has 4 heteroatoms. The van der Waals surface area contributed by atoms with Crippen LogP contribution in [0.5, 0.6) is 0 Å². The van der Waals surface area contributed by atoms with Crippen molar-refractivity contribution in [2.75, 3.05) is 18.5 Å². The van der Waals surface area contributed by atoms with Crippen LogP contribution in [0.1, 0.15) is 5.56 Å². The summed E-state index contributed by atoms with van der Waals surface area (Å²) in [7, 11) is 1.76. The Morgan fingerprint density at radius 1 is 1.60 bits per heavy atom. The first-order valence-electron chi connectivity index (χ1n) is 5.04. The number of hydrogen-bond donors (Lipinski definition) is 2. The first-order chi connectivity index (χ1) is 7.24. The molecule has 15 heavy (non-hydrogen) atoms. The highest BCUT2D eigenvalue weighted by Gasteiger charge is 2.30. The summed E-state index contributed by atoms with van der Waals surface area (Å²) in [5.41, 5.74) is 8.03. The molecule has 0 aromatic heterocycles. The summed E-state index contributed by atoms with van der Waals surface area (Å²) in [6.07, 6.45) is 0.522. The lowest BCUT2D eigenvalue weighted by Crippen LogP contribution is -2.46. The molecule has 0 radical (unpaired) electrons. The fourth-order valence-electron chi connectivity index (χ4n) is 1.97. The second-order valence-corrected chi connectivity index (χ2v) is 3.69. The quantitative estimate of drug-likeness (QED) is 0.719. The van der Waals surface area contributed by atoms with Crippen LogP contribution >= 0.6 is 0 Å². The highest BCUT2D eigenvalue weighted by Crippen LogP contribution is 2.29. The van der Waals surface area contributed by atoms with E-state index in [0.29, 0.717) is 6.54 Å². The maximum absolute atomic E-state index is 11.8. The highest BCUT2D eigenvalue weighted by atomic mass is 16.2. The van der Waals surface area contributed by atoms with Gasteiger partial charge in [-0.15, -0.1) is 0 Å². The summed E-state index contributed by atoms with van der Waals surface area (Å²) >= 11 is 0. The van der Waals surface area contributed by atoms with E-state index in [2.05, 4.69) is 5.32 Å². The summed E-state index contributed by atoms with van der Waals surface area (Å²) in [6.45, 7) is 0.321. The lowest BCUT2D eigenvalue weighted by molar-refractivity contribution is -0.118. The van der Waals surface area contributed by atoms with Crippen molar-refractivity contribution in [1.82, 2.24) is 5.32 Å². The van der Waals surface area contributed by atoms with Crippen LogP contribution in [0.3, 0.4) is 0 Å². The van der Waals surface area contributed by atoms with Gasteiger partial charge in [0.05, 0.1) is 12.7 Å². The van der Waals surface area contributed by atoms with Gasteiger partial charge >= 0.3 is 0 Å². The zero-order chi connectivity index (χ0) is 10.8. The van der Waals surface area contributed by atoms with Gasteiger partial charge in [0.1, 0.15) is 0 Å². The van der Waals surface area contributed by atoms with Crippen LogP contribution < -0.4 is 16.0 Å². The third kappa shape index (κ3) is 1.73. The smallest absolute Gasteiger partial charge is 0.242 e. The molecule has 0 aliphatic carbocycles. The molecule has 2 rings (SSSR count). The molecular weight excluding hydrogens is 190 g/mol. The lowest BCUT2D eigenvalue weighted by atomic mass is 10.1. The molecule has 1 heterocycles. The predicted octanol–water partition coefficient (Wildman–Crippen LogP) is 0.0799. The first-order valence-corrected chi connectivity index (χ1v) is 5.04. The second kappa shape index (κ2) is 4.00. The number of carbonyl (C=O) groups is 1. The van der Waals surface area contributed by atoms with E-state index in [9.17, 15) is 4.79 Å². The van der Waals surface area contributed by atoms with Crippen molar-refractivity contribution in [1.29, 1.82) is 0 Å². The number of fused-ring (bicyclic) bond motifs is 1. The Kier molecular flexibility index (Phi) is 2.70. The Morgan fingerprint density at radius 2 is 2.33 bits per heavy atom. The van der Waals surface area contributed by atoms with Gasteiger partial charge in [-0.2, -0.15) is 0 Å². The molecule has 0 fully saturated rings. The van der Waals surface area contributed by atoms with E-state index >= 15 is 0 Å². The molecule has 1 aliphatic rings. The van der Waals surface area contributed by atoms with Crippen LogP contribution in [-0.2, 0) is 11.2 Å². The molecule has 1 aromatic carbocycles. The number of para-hydroxylation sites is 1. The van der Waals surface area contributed by atoms with Gasteiger partial charge in [0.2, 0.25) is 5.91 Å². The highest BCUT2D eigenvalue weighted by molar-refractivity contribution is 5.97. The van der Waals surface area contributed by atoms with Crippen molar-refractivity contribution in [2.24, 2.45) is 5.73 Å². The monoisotopic (exact) mass is 205 g/mol. The zero-order valence-corrected chi connectivity index (χ0v) is 8.73. The molecule has 4 nitrogen and oxygen atoms in total. The standard InChI is InChI=1S/C11H15N3O/c1-13-7-11(15)14-9-5-3-2-4-8(9)6-10(14)12/h2-5,10,13H,6-7,12H2,1H3. The molecular formula is C11H15N3O. The number of nitrogens with two attached hydrogens (primary N) is 1. The summed E-state index contributed by atoms with van der Waals surface area (Å²) < 4.78 is 0. The van der Waals surface area contributed by atoms with Crippen LogP contribution in [0.15, 0.2) is 24.3 Å². The summed E-state index contributed by atoms with van der Waals surface area (Å²) in [5, 5.41) is 2.85. The maximum Gasteiger partial charge on any atom is 0.242 e. The number of carbonyl (C=O) groups excluding carboxylic acids is 1. The number of likely N-dealkylation sites (N-methyl/N-ethyl adjacent to an activating group) is 1. The Bertz CT molecular complexity index is 378. The second-order valence-electron chi connectivity index (χ2n) is 3.69. The normalized spacial score (nSPS) is 19.1. The molecule has 0 saturated carbocycles. The summed E-state index contributed by atoms with van der Waals surface area (Å²) in [5.74, 6) is 0.0231. The number of nitrogens with zero attached hydrogens (tertiary/aromatic N) is 1. The van der Waals surface area contributed by atoms with Crippen LogP contribution in [-0.4, -0.2) is 25.7 Å². The summed E-state index contributed by atoms with van der Waals surface area (Å²) in [4.78, 5) is 13.5. The minimum Gasteiger partial charge on any atom is -0.311 e. The van der Waals surface area contributed by atoms with E-state index < -0.39 is 0 Å². The first kappa shape index (κ1) is 10.1. The van der Waals surface area contributed by atoms with E-state index in [4.69, 9.17) is 5.73 Å². The number of benzene rings is 1. The van der Waals surface area contributed by atoms with E-state index in [-0.39, 0.29) is 12.1 Å². The summed E-state index contributed by atoms with van der Waals surface area (Å²) in [6, 6.07) is 7.85. The number of anilines is 1. The van der Waals surface area contributed by atoms with Gasteiger partial charge in [-0.3, -0.25) is 9.69 Å². The average Bonchev–Trinajstić information content (AvgIpc) is 2.54. The molecule has 0 spiro atoms. The van der Waals surface area contributed by atoms with E-state index in [1.54, 1.807) is 11.9 Å². The Morgan fingerprint density at radius 3 is 3.07 bits per heavy atom. The van der Waals surface area contributed by atoms with E-state index in [1.807, 2.05) is 24.3 Å². The molecule has 1 unspecified atom stereocenters. The van der Waals surface area contributed by atoms with Crippen LogP contribution in [0.4, 0.5) is 5.69 Å². The average molecular weight is 205 g/mol. The van der Waals surface area contributed by atoms with Gasteiger partial charge in [-0.25, -0.2) is 0 Å². The Balaban J connectivity index is 2.29. The van der Waals surface area contributed by atoms with Crippen molar-refractivity contribution in [2.45, 2.75) is 12.6 Å². The zero-order valence-electron chi connectivity index (χ0n) is 8.73. The Hall–Kier alpha value is -1.39. The lowest BCUT2D eigenvalue weighted by Gasteiger charge is -2.22. The third-order valence-electron chi connectivity index (χ3n) is 2.61. The molecule has 1 aliphatic heterocycles. The Labute approximate surface area is 89.1 Å². The van der Waals surface area contributed by atoms with E-state index in [1.165, 1.54) is 0 Å². The van der Waals surface area contributed by atoms with Crippen molar-refractivity contribution in [3.8, 4) is 0 Å². The fourth-order valence-corrected chi connectivity index (χ4v) is 1.97. The van der Waals surface area contributed by atoms with Crippen LogP contribution in [0.25, 0.3) is 0 Å². The minimum atomic E-state index is -0.219. The maximum atomic E-state index is 11.8. The van der Waals surface area contributed by atoms with Gasteiger partial charge in [0, 0.05) is 12.1 Å². The molecule has 1 amide bonds. The van der Waals surface area contributed by atoms with Gasteiger partial charge in [-0.05, 0) is 18.7 Å². The molecule has 1 aromatic rings. The van der Waals surface area contributed by atoms with Crippen molar-refractivity contribution in [3.63, 3.8) is 0 Å². The van der Waals surface area contributed by atoms with Crippen molar-refractivity contribution in [3.05, 3.63) is 29.8 Å². The van der Waals surface area contributed by atoms with Crippen LogP contribution in [0, 0.1) is 0 Å². The van der Waals surface area contributed by atoms with Gasteiger partial charge in [0.25, 0.3) is 0 Å². The van der Waals surface area contributed by atoms with Gasteiger partial charge < -0.3 is 11.1 Å². The molecule has 0 bridgehead atoms. The van der Waals surface area contributed by atoms with Gasteiger partial charge in [-0.1, -0.05) is 18.2 Å². The molecule has 80 valence electrons. The minimum absolute atomic E-state index is 0.0231. The van der Waals surface area contributed by atoms with E-state index in [0.717, 1.165) is 17.7 Å². The number of amides is 1. The largest absolute Gasteiger partial charge is 0.311 e. The molecule has 0 saturated heterocycles. The van der Waals surface area contributed by atoms with Crippen molar-refractivity contribution < 1.29 is 4.79 Å². The van der Waals surface area contributed by atoms with Crippen molar-refractivity contribution >= 4 is 11.6 Å². The number of nitrogens with one attached hydrogen (secondary N) is 1. The fraction of sp³-hybridized carbons (Fsp3) is 0.364. The third-order valence-corrected chi connectivity index (χ3v) is 2.61. The van der Waals surface area contributed by atoms with Gasteiger partial charge in [0.15, 0.2) is 0 Å². The number of rotatable bonds is 2. The number of hydrogen-bond acceptors (Lipinski definition) is 3. The molecule has 3 N–H and O–H groups in total. The predicted molar refractivity (Wildman–Crippen MR) is 59.5 cm³/mol. The SMILES string of the molecule is CNCC(=O)N1c2ccccc2CC1N.